The summed E-state index contributed by atoms with van der Waals surface area (Å²) >= 11 is 0. The Morgan fingerprint density at radius 3 is 2.72 bits per heavy atom. The smallest absolute Gasteiger partial charge is 0.338 e. The average Bonchev–Trinajstić information content (AvgIpc) is 3.23. The highest BCUT2D eigenvalue weighted by atomic mass is 16.5. The molecular weight excluding hydrogens is 326 g/mol. The summed E-state index contributed by atoms with van der Waals surface area (Å²) in [6, 6.07) is 6.51. The molecule has 2 fully saturated rings. The van der Waals surface area contributed by atoms with Crippen LogP contribution in [0.25, 0.3) is 0 Å². The van der Waals surface area contributed by atoms with Gasteiger partial charge in [0, 0.05) is 5.69 Å². The number of aliphatic carboxylic acids is 1. The van der Waals surface area contributed by atoms with Crippen molar-refractivity contribution in [3.8, 4) is 0 Å². The Labute approximate surface area is 143 Å². The lowest BCUT2D eigenvalue weighted by atomic mass is 9.77. The van der Waals surface area contributed by atoms with Gasteiger partial charge in [0.15, 0.2) is 0 Å². The first-order chi connectivity index (χ1) is 12.0. The van der Waals surface area contributed by atoms with Crippen molar-refractivity contribution in [1.82, 2.24) is 0 Å². The normalized spacial score (nSPS) is 32.1. The first kappa shape index (κ1) is 15.8. The largest absolute Gasteiger partial charge is 0.481 e. The molecule has 130 valence electrons. The lowest BCUT2D eigenvalue weighted by molar-refractivity contribution is -0.146. The third-order valence-corrected chi connectivity index (χ3v) is 5.08. The van der Waals surface area contributed by atoms with Crippen molar-refractivity contribution >= 4 is 23.5 Å². The molecule has 3 aliphatic heterocycles. The number of hydrogen-bond acceptors (Lipinski definition) is 5. The van der Waals surface area contributed by atoms with Gasteiger partial charge in [-0.05, 0) is 31.2 Å². The standard InChI is InChI=1S/C18H17NO6/c1-2-24-17(23)10-3-5-11(6-4-10)19-9-18-8-7-12(25-18)13(16(21)22)14(18)15(19)20/h3-8,12-14H,2,9H2,1H3,(H,21,22)/t12-,13-,14+,18+/m0/s1. The second-order valence-corrected chi connectivity index (χ2v) is 6.43. The van der Waals surface area contributed by atoms with E-state index in [9.17, 15) is 19.5 Å². The Balaban J connectivity index is 1.61. The average molecular weight is 343 g/mol. The maximum Gasteiger partial charge on any atom is 0.338 e. The molecule has 3 aliphatic rings. The molecule has 4 atom stereocenters. The van der Waals surface area contributed by atoms with Crippen LogP contribution in [0.5, 0.6) is 0 Å². The summed E-state index contributed by atoms with van der Waals surface area (Å²) in [5.41, 5.74) is 0.132. The summed E-state index contributed by atoms with van der Waals surface area (Å²) < 4.78 is 10.8. The number of carboxylic acids is 1. The summed E-state index contributed by atoms with van der Waals surface area (Å²) in [7, 11) is 0. The van der Waals surface area contributed by atoms with E-state index < -0.39 is 35.5 Å². The summed E-state index contributed by atoms with van der Waals surface area (Å²) in [6.45, 7) is 2.29. The number of rotatable bonds is 4. The Bertz CT molecular complexity index is 785. The highest BCUT2D eigenvalue weighted by Gasteiger charge is 2.67. The zero-order chi connectivity index (χ0) is 17.8. The fraction of sp³-hybridized carbons (Fsp3) is 0.389. The van der Waals surface area contributed by atoms with Gasteiger partial charge in [0.1, 0.15) is 11.5 Å². The second kappa shape index (κ2) is 5.42. The minimum Gasteiger partial charge on any atom is -0.481 e. The fourth-order valence-electron chi connectivity index (χ4n) is 3.99. The van der Waals surface area contributed by atoms with Gasteiger partial charge in [-0.2, -0.15) is 0 Å². The number of amides is 1. The van der Waals surface area contributed by atoms with Gasteiger partial charge in [0.25, 0.3) is 0 Å². The van der Waals surface area contributed by atoms with Crippen LogP contribution in [0, 0.1) is 11.8 Å². The van der Waals surface area contributed by atoms with Gasteiger partial charge in [-0.25, -0.2) is 4.79 Å². The van der Waals surface area contributed by atoms with Crippen LogP contribution in [0.1, 0.15) is 17.3 Å². The zero-order valence-electron chi connectivity index (χ0n) is 13.5. The van der Waals surface area contributed by atoms with Crippen molar-refractivity contribution in [1.29, 1.82) is 0 Å². The highest BCUT2D eigenvalue weighted by molar-refractivity contribution is 6.02. The van der Waals surface area contributed by atoms with E-state index in [1.165, 1.54) is 4.90 Å². The minimum atomic E-state index is -1.02. The molecule has 7 nitrogen and oxygen atoms in total. The molecule has 2 saturated heterocycles. The molecule has 1 aromatic rings. The maximum atomic E-state index is 12.9. The predicted octanol–water partition coefficient (Wildman–Crippen LogP) is 1.23. The molecule has 1 N–H and O–H groups in total. The van der Waals surface area contributed by atoms with Gasteiger partial charge in [0.05, 0.1) is 30.7 Å². The van der Waals surface area contributed by atoms with E-state index in [0.717, 1.165) is 0 Å². The van der Waals surface area contributed by atoms with E-state index >= 15 is 0 Å². The number of nitrogens with zero attached hydrogens (tertiary/aromatic N) is 1. The molecule has 0 unspecified atom stereocenters. The Morgan fingerprint density at radius 1 is 1.36 bits per heavy atom. The number of fused-ring (bicyclic) bond motifs is 1. The van der Waals surface area contributed by atoms with Gasteiger partial charge in [-0.1, -0.05) is 12.2 Å². The van der Waals surface area contributed by atoms with Gasteiger partial charge >= 0.3 is 11.9 Å². The molecule has 25 heavy (non-hydrogen) atoms. The number of carbonyl (C=O) groups is 3. The van der Waals surface area contributed by atoms with Crippen LogP contribution < -0.4 is 4.90 Å². The van der Waals surface area contributed by atoms with Crippen LogP contribution in [-0.2, 0) is 19.1 Å². The fourth-order valence-corrected chi connectivity index (χ4v) is 3.99. The lowest BCUT2D eigenvalue weighted by Crippen LogP contribution is -2.39. The molecule has 1 spiro atoms. The second-order valence-electron chi connectivity index (χ2n) is 6.43. The Hall–Kier alpha value is -2.67. The number of carboxylic acid groups (broad SMARTS) is 1. The molecule has 1 amide bonds. The Kier molecular flexibility index (Phi) is 3.43. The minimum absolute atomic E-state index is 0.261. The van der Waals surface area contributed by atoms with Crippen LogP contribution in [0.3, 0.4) is 0 Å². The highest BCUT2D eigenvalue weighted by Crippen LogP contribution is 2.52. The lowest BCUT2D eigenvalue weighted by Gasteiger charge is -2.21. The zero-order valence-corrected chi connectivity index (χ0v) is 13.5. The van der Waals surface area contributed by atoms with Gasteiger partial charge in [0.2, 0.25) is 5.91 Å². The first-order valence-corrected chi connectivity index (χ1v) is 8.15. The first-order valence-electron chi connectivity index (χ1n) is 8.15. The summed E-state index contributed by atoms with van der Waals surface area (Å²) in [5, 5.41) is 9.47. The van der Waals surface area contributed by atoms with Crippen LogP contribution in [0.2, 0.25) is 0 Å². The van der Waals surface area contributed by atoms with Crippen molar-refractivity contribution in [3.63, 3.8) is 0 Å². The van der Waals surface area contributed by atoms with E-state index in [4.69, 9.17) is 9.47 Å². The van der Waals surface area contributed by atoms with Crippen LogP contribution in [-0.4, -0.2) is 47.8 Å². The number of benzene rings is 1. The quantitative estimate of drug-likeness (QED) is 0.653. The maximum absolute atomic E-state index is 12.9. The molecule has 0 aliphatic carbocycles. The topological polar surface area (TPSA) is 93.1 Å². The predicted molar refractivity (Wildman–Crippen MR) is 86.1 cm³/mol. The van der Waals surface area contributed by atoms with Gasteiger partial charge in [-0.15, -0.1) is 0 Å². The van der Waals surface area contributed by atoms with Gasteiger partial charge < -0.3 is 19.5 Å². The molecule has 0 radical (unpaired) electrons. The van der Waals surface area contributed by atoms with Crippen molar-refractivity contribution < 1.29 is 29.0 Å². The molecule has 0 saturated carbocycles. The van der Waals surface area contributed by atoms with E-state index in [2.05, 4.69) is 0 Å². The number of carbonyl (C=O) groups excluding carboxylic acids is 2. The van der Waals surface area contributed by atoms with E-state index in [1.807, 2.05) is 6.08 Å². The number of esters is 1. The molecule has 4 rings (SSSR count). The van der Waals surface area contributed by atoms with Crippen LogP contribution >= 0.6 is 0 Å². The molecule has 7 heteroatoms. The van der Waals surface area contributed by atoms with Crippen molar-refractivity contribution in [2.75, 3.05) is 18.1 Å². The van der Waals surface area contributed by atoms with Gasteiger partial charge in [-0.3, -0.25) is 9.59 Å². The number of hydrogen-bond donors (Lipinski definition) is 1. The summed E-state index contributed by atoms with van der Waals surface area (Å²) in [5.74, 6) is -3.28. The van der Waals surface area contributed by atoms with E-state index in [-0.39, 0.29) is 19.1 Å². The van der Waals surface area contributed by atoms with Crippen molar-refractivity contribution in [2.24, 2.45) is 11.8 Å². The third kappa shape index (κ3) is 2.19. The monoisotopic (exact) mass is 343 g/mol. The van der Waals surface area contributed by atoms with E-state index in [1.54, 1.807) is 37.3 Å². The van der Waals surface area contributed by atoms with Crippen LogP contribution in [0.4, 0.5) is 5.69 Å². The molecule has 2 bridgehead atoms. The summed E-state index contributed by atoms with van der Waals surface area (Å²) in [4.78, 5) is 37.7. The Morgan fingerprint density at radius 2 is 2.08 bits per heavy atom. The SMILES string of the molecule is CCOC(=O)c1ccc(N2C[C@@]34C=C[C@H](O3)[C@H](C(=O)O)[C@@H]4C2=O)cc1. The van der Waals surface area contributed by atoms with Crippen molar-refractivity contribution in [3.05, 3.63) is 42.0 Å². The molecule has 3 heterocycles. The molecule has 0 aromatic heterocycles. The number of anilines is 1. The molecular formula is C18H17NO6. The summed E-state index contributed by atoms with van der Waals surface area (Å²) in [6.07, 6.45) is 3.00. The van der Waals surface area contributed by atoms with Crippen LogP contribution in [0.15, 0.2) is 36.4 Å². The van der Waals surface area contributed by atoms with E-state index in [0.29, 0.717) is 11.3 Å². The van der Waals surface area contributed by atoms with Crippen molar-refractivity contribution in [2.45, 2.75) is 18.6 Å². The molecule has 1 aromatic carbocycles. The number of ether oxygens (including phenoxy) is 2. The third-order valence-electron chi connectivity index (χ3n) is 5.08.